The highest BCUT2D eigenvalue weighted by molar-refractivity contribution is 7.99. The van der Waals surface area contributed by atoms with E-state index >= 15 is 0 Å². The van der Waals surface area contributed by atoms with E-state index < -0.39 is 0 Å². The van der Waals surface area contributed by atoms with E-state index in [9.17, 15) is 9.59 Å². The van der Waals surface area contributed by atoms with Gasteiger partial charge in [0.05, 0.1) is 0 Å². The number of amides is 2. The largest absolute Gasteiger partial charge is 0.416 e. The molecule has 30 heavy (non-hydrogen) atoms. The van der Waals surface area contributed by atoms with Gasteiger partial charge in [-0.25, -0.2) is 0 Å². The fraction of sp³-hybridized carbons (Fsp3) is 0.304. The average molecular weight is 422 g/mol. The van der Waals surface area contributed by atoms with Crippen LogP contribution in [0.15, 0.2) is 58.2 Å². The van der Waals surface area contributed by atoms with Crippen molar-refractivity contribution in [3.63, 3.8) is 0 Å². The van der Waals surface area contributed by atoms with Gasteiger partial charge in [0.1, 0.15) is 0 Å². The first kappa shape index (κ1) is 20.3. The summed E-state index contributed by atoms with van der Waals surface area (Å²) in [7, 11) is 0. The highest BCUT2D eigenvalue weighted by Crippen LogP contribution is 2.30. The molecule has 2 aromatic carbocycles. The van der Waals surface area contributed by atoms with Crippen molar-refractivity contribution in [1.29, 1.82) is 0 Å². The van der Waals surface area contributed by atoms with Crippen molar-refractivity contribution in [2.24, 2.45) is 0 Å². The van der Waals surface area contributed by atoms with E-state index in [-0.39, 0.29) is 11.8 Å². The molecule has 0 fully saturated rings. The lowest BCUT2D eigenvalue weighted by Gasteiger charge is -2.27. The van der Waals surface area contributed by atoms with E-state index in [0.717, 1.165) is 41.4 Å². The van der Waals surface area contributed by atoms with Crippen LogP contribution in [0.25, 0.3) is 10.8 Å². The van der Waals surface area contributed by atoms with Gasteiger partial charge in [-0.05, 0) is 37.3 Å². The van der Waals surface area contributed by atoms with Crippen molar-refractivity contribution in [3.05, 3.63) is 65.6 Å². The van der Waals surface area contributed by atoms with Crippen LogP contribution in [0.1, 0.15) is 52.8 Å². The zero-order chi connectivity index (χ0) is 21.1. The van der Waals surface area contributed by atoms with Gasteiger partial charge >= 0.3 is 0 Å². The first-order valence-electron chi connectivity index (χ1n) is 10.0. The maximum atomic E-state index is 12.9. The highest BCUT2D eigenvalue weighted by Gasteiger charge is 2.31. The number of rotatable bonds is 9. The molecule has 1 aromatic heterocycles. The molecular weight excluding hydrogens is 398 g/mol. The van der Waals surface area contributed by atoms with Crippen LogP contribution < -0.4 is 0 Å². The summed E-state index contributed by atoms with van der Waals surface area (Å²) in [5.41, 5.74) is 2.27. The molecule has 0 aliphatic carbocycles. The Labute approximate surface area is 179 Å². The quantitative estimate of drug-likeness (QED) is 0.212. The summed E-state index contributed by atoms with van der Waals surface area (Å²) >= 11 is 1.48. The number of imide groups is 1. The lowest BCUT2D eigenvalue weighted by atomic mass is 9.94. The van der Waals surface area contributed by atoms with E-state index in [2.05, 4.69) is 16.8 Å². The Morgan fingerprint density at radius 1 is 1.03 bits per heavy atom. The van der Waals surface area contributed by atoms with E-state index in [0.29, 0.717) is 35.2 Å². The number of thioether (sulfide) groups is 1. The molecule has 0 radical (unpaired) electrons. The number of nitrogens with zero attached hydrogens (tertiary/aromatic N) is 3. The number of hydrogen-bond donors (Lipinski definition) is 0. The van der Waals surface area contributed by atoms with Gasteiger partial charge in [-0.15, -0.1) is 10.2 Å². The topological polar surface area (TPSA) is 76.3 Å². The average Bonchev–Trinajstić information content (AvgIpc) is 3.20. The molecule has 0 spiro atoms. The Morgan fingerprint density at radius 2 is 1.73 bits per heavy atom. The number of carbonyl (C=O) groups excluding carboxylic acids is 2. The molecule has 4 rings (SSSR count). The van der Waals surface area contributed by atoms with E-state index in [4.69, 9.17) is 4.42 Å². The second kappa shape index (κ2) is 8.83. The van der Waals surface area contributed by atoms with E-state index in [1.165, 1.54) is 16.7 Å². The summed E-state index contributed by atoms with van der Waals surface area (Å²) in [6, 6.07) is 11.2. The third kappa shape index (κ3) is 4.16. The molecule has 2 heterocycles. The standard InChI is InChI=1S/C23H23N3O3S/c1-15(2)14-30-23-25-24-19(29-23)12-4-3-5-13-26-21(27)17-10-6-8-16-9-7-11-18(20(16)17)22(26)28/h6-11H,1,3-5,12-14H2,2H3. The van der Waals surface area contributed by atoms with Gasteiger partial charge < -0.3 is 4.42 Å². The Kier molecular flexibility index (Phi) is 5.99. The first-order chi connectivity index (χ1) is 14.5. The Morgan fingerprint density at radius 3 is 2.40 bits per heavy atom. The zero-order valence-corrected chi connectivity index (χ0v) is 17.7. The smallest absolute Gasteiger partial charge is 0.276 e. The monoisotopic (exact) mass is 421 g/mol. The third-order valence-corrected chi connectivity index (χ3v) is 6.07. The third-order valence-electron chi connectivity index (χ3n) is 5.02. The minimum atomic E-state index is -0.208. The predicted molar refractivity (Wildman–Crippen MR) is 117 cm³/mol. The summed E-state index contributed by atoms with van der Waals surface area (Å²) in [5, 5.41) is 10.3. The molecule has 2 amide bonds. The fourth-order valence-corrected chi connectivity index (χ4v) is 4.21. The predicted octanol–water partition coefficient (Wildman–Crippen LogP) is 4.90. The Hall–Kier alpha value is -2.93. The lowest BCUT2D eigenvalue weighted by molar-refractivity contribution is 0.0607. The van der Waals surface area contributed by atoms with Gasteiger partial charge in [-0.2, -0.15) is 0 Å². The normalized spacial score (nSPS) is 13.3. The van der Waals surface area contributed by atoms with Crippen LogP contribution >= 0.6 is 11.8 Å². The fourth-order valence-electron chi connectivity index (χ4n) is 3.59. The van der Waals surface area contributed by atoms with Crippen molar-refractivity contribution < 1.29 is 14.0 Å². The number of unbranched alkanes of at least 4 members (excludes halogenated alkanes) is 2. The first-order valence-corrected chi connectivity index (χ1v) is 11.0. The molecule has 0 unspecified atom stereocenters. The summed E-state index contributed by atoms with van der Waals surface area (Å²) in [6.07, 6.45) is 3.14. The van der Waals surface area contributed by atoms with Gasteiger partial charge in [0.25, 0.3) is 17.0 Å². The van der Waals surface area contributed by atoms with Crippen LogP contribution in [0.4, 0.5) is 0 Å². The number of aryl methyl sites for hydroxylation is 1. The zero-order valence-electron chi connectivity index (χ0n) is 16.9. The number of hydrogen-bond acceptors (Lipinski definition) is 6. The second-order valence-corrected chi connectivity index (χ2v) is 8.42. The van der Waals surface area contributed by atoms with Crippen molar-refractivity contribution in [2.75, 3.05) is 12.3 Å². The second-order valence-electron chi connectivity index (χ2n) is 7.49. The molecule has 0 atom stereocenters. The van der Waals surface area contributed by atoms with E-state index in [1.807, 2.05) is 31.2 Å². The molecule has 7 heteroatoms. The van der Waals surface area contributed by atoms with Gasteiger partial charge in [0.15, 0.2) is 0 Å². The maximum Gasteiger partial charge on any atom is 0.276 e. The minimum Gasteiger partial charge on any atom is -0.416 e. The Bertz CT molecular complexity index is 1070. The minimum absolute atomic E-state index is 0.208. The molecule has 0 bridgehead atoms. The summed E-state index contributed by atoms with van der Waals surface area (Å²) in [4.78, 5) is 27.1. The number of benzene rings is 2. The van der Waals surface area contributed by atoms with Gasteiger partial charge in [-0.1, -0.05) is 54.6 Å². The summed E-state index contributed by atoms with van der Waals surface area (Å²) in [5.74, 6) is 0.960. The summed E-state index contributed by atoms with van der Waals surface area (Å²) in [6.45, 7) is 6.23. The van der Waals surface area contributed by atoms with Crippen LogP contribution in [-0.4, -0.2) is 39.2 Å². The molecule has 1 aliphatic rings. The van der Waals surface area contributed by atoms with Crippen LogP contribution in [0.5, 0.6) is 0 Å². The van der Waals surface area contributed by atoms with Gasteiger partial charge in [-0.3, -0.25) is 14.5 Å². The SMILES string of the molecule is C=C(C)CSc1nnc(CCCCCN2C(=O)c3cccc4cccc(c34)C2=O)o1. The van der Waals surface area contributed by atoms with Crippen LogP contribution in [0, 0.1) is 0 Å². The molecule has 1 aliphatic heterocycles. The van der Waals surface area contributed by atoms with Crippen molar-refractivity contribution in [1.82, 2.24) is 15.1 Å². The molecule has 3 aromatic rings. The van der Waals surface area contributed by atoms with Gasteiger partial charge in [0, 0.05) is 35.2 Å². The molecule has 154 valence electrons. The molecular formula is C23H23N3O3S. The molecule has 0 N–H and O–H groups in total. The van der Waals surface area contributed by atoms with Crippen LogP contribution in [0.2, 0.25) is 0 Å². The van der Waals surface area contributed by atoms with Crippen molar-refractivity contribution >= 4 is 34.3 Å². The molecule has 6 nitrogen and oxygen atoms in total. The van der Waals surface area contributed by atoms with E-state index in [1.54, 1.807) is 12.1 Å². The summed E-state index contributed by atoms with van der Waals surface area (Å²) < 4.78 is 5.62. The number of aromatic nitrogens is 2. The number of carbonyl (C=O) groups is 2. The lowest BCUT2D eigenvalue weighted by Crippen LogP contribution is -2.40. The molecule has 0 saturated carbocycles. The van der Waals surface area contributed by atoms with Gasteiger partial charge in [0.2, 0.25) is 5.89 Å². The van der Waals surface area contributed by atoms with Crippen LogP contribution in [0.3, 0.4) is 0 Å². The highest BCUT2D eigenvalue weighted by atomic mass is 32.2. The van der Waals surface area contributed by atoms with Crippen molar-refractivity contribution in [2.45, 2.75) is 37.8 Å². The van der Waals surface area contributed by atoms with Crippen molar-refractivity contribution in [3.8, 4) is 0 Å². The maximum absolute atomic E-state index is 12.9. The Balaban J connectivity index is 1.30. The molecule has 0 saturated heterocycles. The van der Waals surface area contributed by atoms with Crippen LogP contribution in [-0.2, 0) is 6.42 Å².